The van der Waals surface area contributed by atoms with Gasteiger partial charge in [-0.15, -0.1) is 10.3 Å². The lowest BCUT2D eigenvalue weighted by atomic mass is 10.1. The van der Waals surface area contributed by atoms with Crippen LogP contribution in [0.1, 0.15) is 34.6 Å². The molecule has 0 aromatic heterocycles. The number of ether oxygens (including phenoxy) is 1. The van der Waals surface area contributed by atoms with E-state index in [1.54, 1.807) is 13.8 Å². The highest BCUT2D eigenvalue weighted by Crippen LogP contribution is 2.53. The van der Waals surface area contributed by atoms with E-state index in [2.05, 4.69) is 3.63 Å². The van der Waals surface area contributed by atoms with Gasteiger partial charge < -0.3 is 4.74 Å². The molecule has 0 unspecified atom stereocenters. The molecule has 0 aliphatic carbocycles. The van der Waals surface area contributed by atoms with E-state index in [1.807, 2.05) is 0 Å². The Morgan fingerprint density at radius 3 is 1.75 bits per heavy atom. The summed E-state index contributed by atoms with van der Waals surface area (Å²) in [6.45, 7) is 3.20. The average molecular weight is 516 g/mol. The normalized spacial score (nSPS) is 14.4. The summed E-state index contributed by atoms with van der Waals surface area (Å²) in [5.74, 6) is -9.43. The predicted octanol–water partition coefficient (Wildman–Crippen LogP) is 4.55. The van der Waals surface area contributed by atoms with Gasteiger partial charge >= 0.3 is 33.4 Å². The average Bonchev–Trinajstić information content (AvgIpc) is 2.58. The van der Waals surface area contributed by atoms with Crippen LogP contribution in [-0.2, 0) is 18.5 Å². The molecule has 15 heteroatoms. The molecule has 0 saturated carbocycles. The van der Waals surface area contributed by atoms with Gasteiger partial charge in [-0.05, 0) is 38.5 Å². The Kier molecular flexibility index (Phi) is 8.07. The lowest BCUT2D eigenvalue weighted by molar-refractivity contribution is -0.333. The Balaban J connectivity index is 3.03. The molecule has 6 nitrogen and oxygen atoms in total. The van der Waals surface area contributed by atoms with E-state index in [0.717, 1.165) is 24.6 Å². The number of Topliss-reactive ketones (excluding diaryl/α,β-unsaturated/α-hetero) is 1. The van der Waals surface area contributed by atoms with E-state index in [1.165, 1.54) is 12.1 Å². The van der Waals surface area contributed by atoms with Crippen molar-refractivity contribution in [2.75, 3.05) is 18.3 Å². The standard InChI is InChI=1S/C17H19F7O6S2/c1-10(2)29-14(26)12-7-5-11(6-8-12)13(25)9-31(3,4)30-32(27,28)17(23,24)15(18,19)16(20,21)22/h5-8,10H,9H2,1-4H3. The first-order valence-electron chi connectivity index (χ1n) is 8.48. The number of esters is 1. The lowest BCUT2D eigenvalue weighted by Crippen LogP contribution is -2.56. The number of halogens is 7. The van der Waals surface area contributed by atoms with Crippen LogP contribution in [0.4, 0.5) is 30.7 Å². The van der Waals surface area contributed by atoms with Crippen LogP contribution in [0, 0.1) is 0 Å². The summed E-state index contributed by atoms with van der Waals surface area (Å²) in [4.78, 5) is 24.1. The third kappa shape index (κ3) is 6.13. The first-order chi connectivity index (χ1) is 14.1. The van der Waals surface area contributed by atoms with Crippen LogP contribution in [-0.4, -0.2) is 61.9 Å². The number of alkyl halides is 7. The van der Waals surface area contributed by atoms with Crippen molar-refractivity contribution in [1.29, 1.82) is 0 Å². The van der Waals surface area contributed by atoms with Crippen molar-refractivity contribution in [1.82, 2.24) is 0 Å². The SMILES string of the molecule is CC(C)OC(=O)c1ccc(C(=O)CS(C)(C)OS(=O)(=O)C(F)(F)C(F)(F)C(F)(F)F)cc1. The summed E-state index contributed by atoms with van der Waals surface area (Å²) in [6.07, 6.45) is -5.66. The molecule has 0 N–H and O–H groups in total. The van der Waals surface area contributed by atoms with E-state index in [9.17, 15) is 48.7 Å². The first kappa shape index (κ1) is 28.2. The highest BCUT2D eigenvalue weighted by atomic mass is 32.3. The van der Waals surface area contributed by atoms with Crippen molar-refractivity contribution in [2.45, 2.75) is 37.3 Å². The van der Waals surface area contributed by atoms with Gasteiger partial charge in [0.2, 0.25) is 0 Å². The van der Waals surface area contributed by atoms with E-state index in [-0.39, 0.29) is 11.1 Å². The minimum Gasteiger partial charge on any atom is -0.459 e. The van der Waals surface area contributed by atoms with E-state index < -0.39 is 61.4 Å². The summed E-state index contributed by atoms with van der Waals surface area (Å²) in [5, 5.41) is -6.63. The van der Waals surface area contributed by atoms with Crippen LogP contribution < -0.4 is 0 Å². The molecular weight excluding hydrogens is 497 g/mol. The number of carbonyl (C=O) groups excluding carboxylic acids is 2. The topological polar surface area (TPSA) is 86.7 Å². The maximum absolute atomic E-state index is 13.6. The van der Waals surface area contributed by atoms with Crippen LogP contribution in [0.15, 0.2) is 24.3 Å². The molecule has 1 aromatic carbocycles. The Labute approximate surface area is 180 Å². The second-order valence-electron chi connectivity index (χ2n) is 7.15. The van der Waals surface area contributed by atoms with Gasteiger partial charge in [0.1, 0.15) is 0 Å². The van der Waals surface area contributed by atoms with Crippen molar-refractivity contribution in [3.63, 3.8) is 0 Å². The number of hydrogen-bond acceptors (Lipinski definition) is 6. The lowest BCUT2D eigenvalue weighted by Gasteiger charge is -2.33. The number of rotatable bonds is 9. The van der Waals surface area contributed by atoms with Crippen LogP contribution in [0.3, 0.4) is 0 Å². The molecule has 0 bridgehead atoms. The Hall–Kier alpha value is -1.87. The molecule has 0 atom stereocenters. The van der Waals surface area contributed by atoms with E-state index >= 15 is 0 Å². The number of carbonyl (C=O) groups is 2. The summed E-state index contributed by atoms with van der Waals surface area (Å²) in [6, 6.07) is 4.65. The van der Waals surface area contributed by atoms with Gasteiger partial charge in [0.15, 0.2) is 5.78 Å². The second kappa shape index (κ2) is 9.17. The molecule has 0 amide bonds. The number of benzene rings is 1. The predicted molar refractivity (Wildman–Crippen MR) is 102 cm³/mol. The quantitative estimate of drug-likeness (QED) is 0.272. The first-order valence-corrected chi connectivity index (χ1v) is 12.4. The molecule has 0 spiro atoms. The maximum Gasteiger partial charge on any atom is 0.461 e. The molecule has 32 heavy (non-hydrogen) atoms. The maximum atomic E-state index is 13.6. The summed E-state index contributed by atoms with van der Waals surface area (Å²) < 4.78 is 122. The third-order valence-corrected chi connectivity index (χ3v) is 7.61. The van der Waals surface area contributed by atoms with Crippen LogP contribution in [0.25, 0.3) is 0 Å². The fourth-order valence-corrected chi connectivity index (χ4v) is 5.81. The molecule has 1 aromatic rings. The molecule has 0 radical (unpaired) electrons. The second-order valence-corrected chi connectivity index (χ2v) is 12.3. The molecule has 0 heterocycles. The minimum atomic E-state index is -6.93. The smallest absolute Gasteiger partial charge is 0.459 e. The Morgan fingerprint density at radius 1 is 0.906 bits per heavy atom. The number of hydrogen-bond donors (Lipinski definition) is 0. The van der Waals surface area contributed by atoms with Crippen LogP contribution in [0.2, 0.25) is 0 Å². The van der Waals surface area contributed by atoms with E-state index in [4.69, 9.17) is 4.74 Å². The third-order valence-electron chi connectivity index (χ3n) is 3.57. The Morgan fingerprint density at radius 2 is 1.34 bits per heavy atom. The van der Waals surface area contributed by atoms with Crippen molar-refractivity contribution in [3.8, 4) is 0 Å². The van der Waals surface area contributed by atoms with Crippen molar-refractivity contribution in [2.24, 2.45) is 0 Å². The van der Waals surface area contributed by atoms with Gasteiger partial charge in [-0.2, -0.15) is 39.2 Å². The minimum absolute atomic E-state index is 0.0645. The monoisotopic (exact) mass is 516 g/mol. The van der Waals surface area contributed by atoms with Gasteiger partial charge in [-0.1, -0.05) is 12.1 Å². The molecule has 0 saturated heterocycles. The Bertz CT molecular complexity index is 955. The van der Waals surface area contributed by atoms with Crippen LogP contribution in [0.5, 0.6) is 0 Å². The van der Waals surface area contributed by atoms with E-state index in [0.29, 0.717) is 0 Å². The highest BCUT2D eigenvalue weighted by molar-refractivity contribution is 8.32. The summed E-state index contributed by atoms with van der Waals surface area (Å²) >= 11 is 0. The van der Waals surface area contributed by atoms with Crippen molar-refractivity contribution >= 4 is 32.2 Å². The van der Waals surface area contributed by atoms with Gasteiger partial charge in [0.05, 0.1) is 17.4 Å². The largest absolute Gasteiger partial charge is 0.461 e. The molecule has 0 fully saturated rings. The van der Waals surface area contributed by atoms with Crippen molar-refractivity contribution < 1.29 is 57.1 Å². The zero-order valence-electron chi connectivity index (χ0n) is 17.0. The summed E-state index contributed by atoms with van der Waals surface area (Å²) in [7, 11) is -10.2. The van der Waals surface area contributed by atoms with Gasteiger partial charge in [0.25, 0.3) is 0 Å². The highest BCUT2D eigenvalue weighted by Gasteiger charge is 2.79. The summed E-state index contributed by atoms with van der Waals surface area (Å²) in [5.41, 5.74) is -0.0604. The van der Waals surface area contributed by atoms with Crippen LogP contribution >= 0.6 is 10.3 Å². The van der Waals surface area contributed by atoms with Crippen molar-refractivity contribution in [3.05, 3.63) is 35.4 Å². The molecule has 1 rings (SSSR count). The molecule has 0 aliphatic rings. The van der Waals surface area contributed by atoms with Gasteiger partial charge in [-0.25, -0.2) is 8.42 Å². The number of ketones is 1. The van der Waals surface area contributed by atoms with Gasteiger partial charge in [0, 0.05) is 5.56 Å². The zero-order chi connectivity index (χ0) is 25.3. The zero-order valence-corrected chi connectivity index (χ0v) is 18.6. The molecule has 184 valence electrons. The fraction of sp³-hybridized carbons (Fsp3) is 0.529. The molecule has 0 aliphatic heterocycles. The molecular formula is C17H19F7O6S2. The fourth-order valence-electron chi connectivity index (χ4n) is 2.10. The van der Waals surface area contributed by atoms with Gasteiger partial charge in [-0.3, -0.25) is 4.79 Å².